The summed E-state index contributed by atoms with van der Waals surface area (Å²) in [5.41, 5.74) is -0.384. The lowest BCUT2D eigenvalue weighted by molar-refractivity contribution is -0.134. The van der Waals surface area contributed by atoms with Crippen molar-refractivity contribution in [1.29, 1.82) is 0 Å². The Balaban J connectivity index is 1.86. The number of H-pyrrole nitrogens is 2. The molecule has 1 amide bonds. The zero-order chi connectivity index (χ0) is 13.7. The van der Waals surface area contributed by atoms with Crippen molar-refractivity contribution >= 4 is 5.91 Å². The Morgan fingerprint density at radius 3 is 3.11 bits per heavy atom. The molecule has 0 saturated carbocycles. The van der Waals surface area contributed by atoms with Gasteiger partial charge in [-0.25, -0.2) is 9.89 Å². The van der Waals surface area contributed by atoms with Gasteiger partial charge in [0.1, 0.15) is 5.82 Å². The highest BCUT2D eigenvalue weighted by Gasteiger charge is 2.24. The van der Waals surface area contributed by atoms with E-state index in [1.165, 1.54) is 0 Å². The minimum absolute atomic E-state index is 0.0208. The van der Waals surface area contributed by atoms with E-state index in [4.69, 9.17) is 4.74 Å². The lowest BCUT2D eigenvalue weighted by atomic mass is 10.1. The monoisotopic (exact) mass is 268 g/mol. The fourth-order valence-corrected chi connectivity index (χ4v) is 2.23. The van der Waals surface area contributed by atoms with Crippen LogP contribution in [0.5, 0.6) is 0 Å². The van der Waals surface area contributed by atoms with Crippen LogP contribution in [0.2, 0.25) is 0 Å². The number of amides is 1. The van der Waals surface area contributed by atoms with Crippen LogP contribution in [0.4, 0.5) is 0 Å². The standard InChI is InChI=1S/C12H20N4O3/c1-2-6-19-9-4-3-5-16(8-9)11(17)7-10-13-12(18)15-14-10/h9H,2-8H2,1H3,(H2,13,14,15,18). The first kappa shape index (κ1) is 13.8. The minimum Gasteiger partial charge on any atom is -0.376 e. The third-order valence-corrected chi connectivity index (χ3v) is 3.16. The first-order chi connectivity index (χ1) is 9.19. The summed E-state index contributed by atoms with van der Waals surface area (Å²) in [4.78, 5) is 27.3. The summed E-state index contributed by atoms with van der Waals surface area (Å²) in [6.07, 6.45) is 3.20. The highest BCUT2D eigenvalue weighted by atomic mass is 16.5. The number of likely N-dealkylation sites (tertiary alicyclic amines) is 1. The molecule has 1 aliphatic heterocycles. The molecule has 1 unspecified atom stereocenters. The topological polar surface area (TPSA) is 91.1 Å². The number of rotatable bonds is 5. The second kappa shape index (κ2) is 6.51. The van der Waals surface area contributed by atoms with Crippen LogP contribution in [-0.2, 0) is 16.0 Å². The molecule has 1 saturated heterocycles. The number of aromatic nitrogens is 3. The Hall–Kier alpha value is -1.63. The van der Waals surface area contributed by atoms with Gasteiger partial charge < -0.3 is 9.64 Å². The molecule has 2 heterocycles. The van der Waals surface area contributed by atoms with Crippen LogP contribution in [0.1, 0.15) is 32.0 Å². The molecule has 2 N–H and O–H groups in total. The SMILES string of the molecule is CCCOC1CCCN(C(=O)Cc2n[nH]c(=O)[nH]2)C1. The number of carbonyl (C=O) groups excluding carboxylic acids is 1. The molecule has 0 radical (unpaired) electrons. The summed E-state index contributed by atoms with van der Waals surface area (Å²) in [5.74, 6) is 0.360. The molecular formula is C12H20N4O3. The quantitative estimate of drug-likeness (QED) is 0.790. The van der Waals surface area contributed by atoms with Gasteiger partial charge in [0.15, 0.2) is 0 Å². The predicted molar refractivity (Wildman–Crippen MR) is 68.8 cm³/mol. The number of piperidine rings is 1. The van der Waals surface area contributed by atoms with E-state index in [9.17, 15) is 9.59 Å². The van der Waals surface area contributed by atoms with Gasteiger partial charge in [0, 0.05) is 19.7 Å². The second-order valence-electron chi connectivity index (χ2n) is 4.78. The molecule has 2 rings (SSSR count). The molecule has 7 heteroatoms. The van der Waals surface area contributed by atoms with Gasteiger partial charge in [-0.15, -0.1) is 0 Å². The van der Waals surface area contributed by atoms with E-state index >= 15 is 0 Å². The van der Waals surface area contributed by atoms with Crippen LogP contribution < -0.4 is 5.69 Å². The average Bonchev–Trinajstić information content (AvgIpc) is 2.82. The van der Waals surface area contributed by atoms with Crippen molar-refractivity contribution in [3.8, 4) is 0 Å². The third-order valence-electron chi connectivity index (χ3n) is 3.16. The molecule has 1 aliphatic rings. The largest absolute Gasteiger partial charge is 0.376 e. The van der Waals surface area contributed by atoms with E-state index < -0.39 is 0 Å². The van der Waals surface area contributed by atoms with Gasteiger partial charge in [0.05, 0.1) is 12.5 Å². The summed E-state index contributed by atoms with van der Waals surface area (Å²) < 4.78 is 5.69. The molecule has 19 heavy (non-hydrogen) atoms. The summed E-state index contributed by atoms with van der Waals surface area (Å²) in [5, 5.41) is 6.00. The number of carbonyl (C=O) groups is 1. The zero-order valence-corrected chi connectivity index (χ0v) is 11.1. The Morgan fingerprint density at radius 2 is 2.42 bits per heavy atom. The average molecular weight is 268 g/mol. The van der Waals surface area contributed by atoms with Gasteiger partial charge in [-0.2, -0.15) is 5.10 Å². The van der Waals surface area contributed by atoms with Gasteiger partial charge in [-0.05, 0) is 19.3 Å². The van der Waals surface area contributed by atoms with Crippen molar-refractivity contribution in [1.82, 2.24) is 20.1 Å². The zero-order valence-electron chi connectivity index (χ0n) is 11.1. The third kappa shape index (κ3) is 3.92. The maximum atomic E-state index is 12.1. The van der Waals surface area contributed by atoms with E-state index in [2.05, 4.69) is 22.1 Å². The normalized spacial score (nSPS) is 19.6. The summed E-state index contributed by atoms with van der Waals surface area (Å²) in [7, 11) is 0. The number of aromatic amines is 2. The van der Waals surface area contributed by atoms with E-state index in [1.807, 2.05) is 0 Å². The van der Waals surface area contributed by atoms with Gasteiger partial charge in [0.2, 0.25) is 5.91 Å². The smallest absolute Gasteiger partial charge is 0.340 e. The number of hydrogen-bond acceptors (Lipinski definition) is 4. The van der Waals surface area contributed by atoms with Crippen molar-refractivity contribution in [3.05, 3.63) is 16.3 Å². The fourth-order valence-electron chi connectivity index (χ4n) is 2.23. The summed E-state index contributed by atoms with van der Waals surface area (Å²) in [6.45, 7) is 4.19. The van der Waals surface area contributed by atoms with Gasteiger partial charge >= 0.3 is 5.69 Å². The summed E-state index contributed by atoms with van der Waals surface area (Å²) in [6, 6.07) is 0. The van der Waals surface area contributed by atoms with Crippen LogP contribution in [0.3, 0.4) is 0 Å². The maximum Gasteiger partial charge on any atom is 0.340 e. The van der Waals surface area contributed by atoms with E-state index in [0.29, 0.717) is 12.4 Å². The first-order valence-corrected chi connectivity index (χ1v) is 6.72. The van der Waals surface area contributed by atoms with Crippen LogP contribution >= 0.6 is 0 Å². The van der Waals surface area contributed by atoms with Gasteiger partial charge in [-0.1, -0.05) is 6.92 Å². The first-order valence-electron chi connectivity index (χ1n) is 6.72. The fraction of sp³-hybridized carbons (Fsp3) is 0.750. The second-order valence-corrected chi connectivity index (χ2v) is 4.78. The molecule has 1 atom stereocenters. The maximum absolute atomic E-state index is 12.1. The highest BCUT2D eigenvalue weighted by Crippen LogP contribution is 2.14. The molecule has 1 aromatic heterocycles. The Kier molecular flexibility index (Phi) is 4.73. The van der Waals surface area contributed by atoms with Crippen molar-refractivity contribution in [2.75, 3.05) is 19.7 Å². The van der Waals surface area contributed by atoms with Gasteiger partial charge in [0.25, 0.3) is 0 Å². The van der Waals surface area contributed by atoms with Crippen LogP contribution in [0, 0.1) is 0 Å². The number of nitrogens with zero attached hydrogens (tertiary/aromatic N) is 2. The Morgan fingerprint density at radius 1 is 1.58 bits per heavy atom. The molecule has 0 spiro atoms. The number of hydrogen-bond donors (Lipinski definition) is 2. The molecule has 0 aromatic carbocycles. The van der Waals surface area contributed by atoms with E-state index in [-0.39, 0.29) is 24.1 Å². The van der Waals surface area contributed by atoms with Crippen molar-refractivity contribution < 1.29 is 9.53 Å². The van der Waals surface area contributed by atoms with Crippen molar-refractivity contribution in [3.63, 3.8) is 0 Å². The molecule has 1 fully saturated rings. The number of ether oxygens (including phenoxy) is 1. The van der Waals surface area contributed by atoms with Crippen molar-refractivity contribution in [2.24, 2.45) is 0 Å². The molecule has 7 nitrogen and oxygen atoms in total. The Bertz CT molecular complexity index is 468. The number of nitrogens with one attached hydrogen (secondary N) is 2. The molecule has 0 bridgehead atoms. The summed E-state index contributed by atoms with van der Waals surface area (Å²) >= 11 is 0. The molecule has 1 aromatic rings. The molecule has 0 aliphatic carbocycles. The Labute approximate surface area is 111 Å². The highest BCUT2D eigenvalue weighted by molar-refractivity contribution is 5.78. The molecule has 106 valence electrons. The van der Waals surface area contributed by atoms with Crippen LogP contribution in [0.15, 0.2) is 4.79 Å². The van der Waals surface area contributed by atoms with Gasteiger partial charge in [-0.3, -0.25) is 9.78 Å². The van der Waals surface area contributed by atoms with E-state index in [0.717, 1.165) is 32.4 Å². The lowest BCUT2D eigenvalue weighted by Crippen LogP contribution is -2.44. The van der Waals surface area contributed by atoms with E-state index in [1.54, 1.807) is 4.90 Å². The molecular weight excluding hydrogens is 248 g/mol. The van der Waals surface area contributed by atoms with Crippen molar-refractivity contribution in [2.45, 2.75) is 38.7 Å². The lowest BCUT2D eigenvalue weighted by Gasteiger charge is -2.32. The van der Waals surface area contributed by atoms with Crippen LogP contribution in [-0.4, -0.2) is 51.8 Å². The van der Waals surface area contributed by atoms with Crippen LogP contribution in [0.25, 0.3) is 0 Å². The predicted octanol–water partition coefficient (Wildman–Crippen LogP) is 0.0581. The minimum atomic E-state index is -0.384.